The first-order chi connectivity index (χ1) is 7.61. The molecule has 0 aromatic heterocycles. The Balaban J connectivity index is 2.36. The number of ether oxygens (including phenoxy) is 1. The van der Waals surface area contributed by atoms with E-state index in [0.29, 0.717) is 18.0 Å². The summed E-state index contributed by atoms with van der Waals surface area (Å²) in [5.74, 6) is 0.546. The molecule has 86 valence electrons. The summed E-state index contributed by atoms with van der Waals surface area (Å²) in [6.07, 6.45) is -0.403. The van der Waals surface area contributed by atoms with Crippen molar-refractivity contribution in [2.75, 3.05) is 18.6 Å². The summed E-state index contributed by atoms with van der Waals surface area (Å²) in [5.41, 5.74) is 0.701. The third-order valence-electron chi connectivity index (χ3n) is 2.54. The van der Waals surface area contributed by atoms with Gasteiger partial charge in [-0.1, -0.05) is 15.9 Å². The molecule has 2 rings (SSSR count). The number of anilines is 1. The van der Waals surface area contributed by atoms with Gasteiger partial charge in [0.25, 0.3) is 0 Å². The molecule has 4 nitrogen and oxygen atoms in total. The van der Waals surface area contributed by atoms with Crippen LogP contribution in [0.1, 0.15) is 6.42 Å². The number of halogens is 1. The summed E-state index contributed by atoms with van der Waals surface area (Å²) < 4.78 is 6.11. The maximum absolute atomic E-state index is 11.6. The van der Waals surface area contributed by atoms with Gasteiger partial charge in [0, 0.05) is 4.47 Å². The molecule has 1 aromatic rings. The second-order valence-corrected chi connectivity index (χ2v) is 4.59. The molecule has 0 saturated carbocycles. The number of rotatable bonds is 2. The van der Waals surface area contributed by atoms with Crippen LogP contribution in [0, 0.1) is 0 Å². The van der Waals surface area contributed by atoms with E-state index in [1.54, 1.807) is 24.1 Å². The molecule has 0 aliphatic carbocycles. The molecule has 1 aliphatic heterocycles. The van der Waals surface area contributed by atoms with E-state index < -0.39 is 6.10 Å². The van der Waals surface area contributed by atoms with Crippen LogP contribution >= 0.6 is 15.9 Å². The lowest BCUT2D eigenvalue weighted by atomic mass is 10.2. The number of aliphatic hydroxyl groups excluding tert-OH is 1. The van der Waals surface area contributed by atoms with Crippen molar-refractivity contribution in [3.05, 3.63) is 22.7 Å². The molecule has 1 aliphatic rings. The van der Waals surface area contributed by atoms with Crippen molar-refractivity contribution in [2.24, 2.45) is 0 Å². The lowest BCUT2D eigenvalue weighted by Gasteiger charge is -2.19. The van der Waals surface area contributed by atoms with Gasteiger partial charge in [0.1, 0.15) is 5.75 Å². The summed E-state index contributed by atoms with van der Waals surface area (Å²) in [5, 5.41) is 9.44. The van der Waals surface area contributed by atoms with Crippen molar-refractivity contribution >= 4 is 27.5 Å². The maximum atomic E-state index is 11.6. The lowest BCUT2D eigenvalue weighted by molar-refractivity contribution is -0.117. The summed E-state index contributed by atoms with van der Waals surface area (Å²) in [7, 11) is 1.56. The Hall–Kier alpha value is -1.07. The zero-order valence-corrected chi connectivity index (χ0v) is 10.4. The summed E-state index contributed by atoms with van der Waals surface area (Å²) in [4.78, 5) is 13.2. The van der Waals surface area contributed by atoms with Crippen LogP contribution in [0.25, 0.3) is 0 Å². The van der Waals surface area contributed by atoms with Crippen LogP contribution in [0.4, 0.5) is 5.69 Å². The molecule has 0 radical (unpaired) electrons. The van der Waals surface area contributed by atoms with E-state index in [0.717, 1.165) is 4.47 Å². The minimum atomic E-state index is -0.583. The van der Waals surface area contributed by atoms with Crippen molar-refractivity contribution in [3.63, 3.8) is 0 Å². The Kier molecular flexibility index (Phi) is 3.16. The van der Waals surface area contributed by atoms with E-state index in [4.69, 9.17) is 4.74 Å². The van der Waals surface area contributed by atoms with Crippen LogP contribution in [0.5, 0.6) is 5.75 Å². The lowest BCUT2D eigenvalue weighted by Crippen LogP contribution is -2.25. The number of carbonyl (C=O) groups excluding carboxylic acids is 1. The highest BCUT2D eigenvalue weighted by Crippen LogP contribution is 2.33. The van der Waals surface area contributed by atoms with Gasteiger partial charge in [0.05, 0.1) is 31.9 Å². The normalized spacial score (nSPS) is 20.3. The highest BCUT2D eigenvalue weighted by atomic mass is 79.9. The van der Waals surface area contributed by atoms with Crippen LogP contribution in [0.15, 0.2) is 22.7 Å². The quantitative estimate of drug-likeness (QED) is 0.897. The molecule has 1 atom stereocenters. The number of methoxy groups -OCH3 is 1. The number of aliphatic hydroxyl groups is 1. The average molecular weight is 286 g/mol. The Bertz CT molecular complexity index is 422. The fourth-order valence-electron chi connectivity index (χ4n) is 1.80. The summed E-state index contributed by atoms with van der Waals surface area (Å²) in [6.45, 7) is 0.330. The highest BCUT2D eigenvalue weighted by molar-refractivity contribution is 9.10. The molecular weight excluding hydrogens is 274 g/mol. The molecule has 1 heterocycles. The van der Waals surface area contributed by atoms with E-state index >= 15 is 0 Å². The molecule has 1 unspecified atom stereocenters. The number of benzene rings is 1. The van der Waals surface area contributed by atoms with Crippen molar-refractivity contribution in [3.8, 4) is 5.75 Å². The van der Waals surface area contributed by atoms with Gasteiger partial charge in [0.15, 0.2) is 0 Å². The highest BCUT2D eigenvalue weighted by Gasteiger charge is 2.30. The molecular formula is C11H12BrNO3. The van der Waals surface area contributed by atoms with Gasteiger partial charge in [0.2, 0.25) is 5.91 Å². The SMILES string of the molecule is COc1cc(Br)ccc1N1CC(O)CC1=O. The maximum Gasteiger partial charge on any atom is 0.229 e. The first kappa shape index (κ1) is 11.4. The predicted molar refractivity (Wildman–Crippen MR) is 63.7 cm³/mol. The third-order valence-corrected chi connectivity index (χ3v) is 3.03. The zero-order chi connectivity index (χ0) is 11.7. The van der Waals surface area contributed by atoms with E-state index in [9.17, 15) is 9.90 Å². The van der Waals surface area contributed by atoms with Crippen LogP contribution in [0.2, 0.25) is 0 Å². The second kappa shape index (κ2) is 4.43. The van der Waals surface area contributed by atoms with Gasteiger partial charge < -0.3 is 14.7 Å². The van der Waals surface area contributed by atoms with Gasteiger partial charge in [-0.05, 0) is 18.2 Å². The Morgan fingerprint density at radius 3 is 2.88 bits per heavy atom. The Labute approximate surface area is 102 Å². The van der Waals surface area contributed by atoms with Crippen LogP contribution in [-0.2, 0) is 4.79 Å². The standard InChI is InChI=1S/C11H12BrNO3/c1-16-10-4-7(12)2-3-9(10)13-6-8(14)5-11(13)15/h2-4,8,14H,5-6H2,1H3. The van der Waals surface area contributed by atoms with Crippen molar-refractivity contribution in [2.45, 2.75) is 12.5 Å². The van der Waals surface area contributed by atoms with Gasteiger partial charge >= 0.3 is 0 Å². The molecule has 5 heteroatoms. The van der Waals surface area contributed by atoms with Gasteiger partial charge in [-0.15, -0.1) is 0 Å². The number of amides is 1. The number of carbonyl (C=O) groups is 1. The minimum Gasteiger partial charge on any atom is -0.495 e. The van der Waals surface area contributed by atoms with E-state index in [1.807, 2.05) is 6.07 Å². The second-order valence-electron chi connectivity index (χ2n) is 3.68. The van der Waals surface area contributed by atoms with E-state index in [2.05, 4.69) is 15.9 Å². The zero-order valence-electron chi connectivity index (χ0n) is 8.81. The molecule has 1 fully saturated rings. The van der Waals surface area contributed by atoms with E-state index in [1.165, 1.54) is 0 Å². The molecule has 0 spiro atoms. The molecule has 1 N–H and O–H groups in total. The number of β-amino-alcohol motifs (C(OH)–C–C–N with tert-alkyl or cyclic N) is 1. The fourth-order valence-corrected chi connectivity index (χ4v) is 2.14. The summed E-state index contributed by atoms with van der Waals surface area (Å²) >= 11 is 3.34. The Morgan fingerprint density at radius 2 is 2.31 bits per heavy atom. The monoisotopic (exact) mass is 285 g/mol. The minimum absolute atomic E-state index is 0.0758. The van der Waals surface area contributed by atoms with Crippen LogP contribution in [-0.4, -0.2) is 30.8 Å². The van der Waals surface area contributed by atoms with Crippen molar-refractivity contribution in [1.82, 2.24) is 0 Å². The third kappa shape index (κ3) is 2.05. The molecule has 1 aromatic carbocycles. The van der Waals surface area contributed by atoms with Gasteiger partial charge in [-0.3, -0.25) is 4.79 Å². The molecule has 1 saturated heterocycles. The number of hydrogen-bond acceptors (Lipinski definition) is 3. The van der Waals surface area contributed by atoms with Gasteiger partial charge in [-0.25, -0.2) is 0 Å². The first-order valence-corrected chi connectivity index (χ1v) is 5.73. The smallest absolute Gasteiger partial charge is 0.229 e. The van der Waals surface area contributed by atoms with Crippen molar-refractivity contribution in [1.29, 1.82) is 0 Å². The fraction of sp³-hybridized carbons (Fsp3) is 0.364. The van der Waals surface area contributed by atoms with Crippen LogP contribution < -0.4 is 9.64 Å². The average Bonchev–Trinajstić information content (AvgIpc) is 2.57. The molecule has 1 amide bonds. The topological polar surface area (TPSA) is 49.8 Å². The largest absolute Gasteiger partial charge is 0.495 e. The van der Waals surface area contributed by atoms with Gasteiger partial charge in [-0.2, -0.15) is 0 Å². The predicted octanol–water partition coefficient (Wildman–Crippen LogP) is 1.56. The molecule has 16 heavy (non-hydrogen) atoms. The molecule has 0 bridgehead atoms. The Morgan fingerprint density at radius 1 is 1.56 bits per heavy atom. The summed E-state index contributed by atoms with van der Waals surface area (Å²) in [6, 6.07) is 5.45. The number of hydrogen-bond donors (Lipinski definition) is 1. The number of nitrogens with zero attached hydrogens (tertiary/aromatic N) is 1. The first-order valence-electron chi connectivity index (χ1n) is 4.94. The van der Waals surface area contributed by atoms with E-state index in [-0.39, 0.29) is 12.3 Å². The van der Waals surface area contributed by atoms with Crippen molar-refractivity contribution < 1.29 is 14.6 Å². The van der Waals surface area contributed by atoms with Crippen LogP contribution in [0.3, 0.4) is 0 Å².